The molecule has 0 saturated carbocycles. The molecule has 1 heterocycles. The summed E-state index contributed by atoms with van der Waals surface area (Å²) >= 11 is 0. The van der Waals surface area contributed by atoms with Gasteiger partial charge in [-0.2, -0.15) is 0 Å². The van der Waals surface area contributed by atoms with Crippen molar-refractivity contribution in [3.63, 3.8) is 0 Å². The largest absolute Gasteiger partial charge is 0.316 e. The zero-order valence-corrected chi connectivity index (χ0v) is 9.27. The molecule has 0 aliphatic carbocycles. The molecule has 1 aromatic rings. The molecule has 15 heavy (non-hydrogen) atoms. The Morgan fingerprint density at radius 3 is 2.60 bits per heavy atom. The van der Waals surface area contributed by atoms with Crippen molar-refractivity contribution in [3.8, 4) is 0 Å². The van der Waals surface area contributed by atoms with Gasteiger partial charge in [0.2, 0.25) is 0 Å². The van der Waals surface area contributed by atoms with Gasteiger partial charge in [0.1, 0.15) is 5.82 Å². The highest BCUT2D eigenvalue weighted by molar-refractivity contribution is 5.85. The third-order valence-corrected chi connectivity index (χ3v) is 2.53. The molecule has 0 amide bonds. The minimum Gasteiger partial charge on any atom is -0.316 e. The molecule has 1 aromatic carbocycles. The highest BCUT2D eigenvalue weighted by atomic mass is 35.5. The summed E-state index contributed by atoms with van der Waals surface area (Å²) < 4.78 is 12.6. The number of halogens is 2. The number of hydrogen-bond acceptors (Lipinski definition) is 1. The molecule has 0 radical (unpaired) electrons. The average molecular weight is 228 g/mol. The van der Waals surface area contributed by atoms with Crippen LogP contribution >= 0.6 is 12.4 Å². The maximum atomic E-state index is 12.6. The Morgan fingerprint density at radius 1 is 1.27 bits per heavy atom. The molecule has 1 aliphatic heterocycles. The summed E-state index contributed by atoms with van der Waals surface area (Å²) in [5.41, 5.74) is 1.07. The van der Waals surface area contributed by atoms with Gasteiger partial charge in [0.15, 0.2) is 0 Å². The summed E-state index contributed by atoms with van der Waals surface area (Å²) in [5.74, 6) is 0.463. The molecule has 1 fully saturated rings. The average Bonchev–Trinajstić information content (AvgIpc) is 2.70. The zero-order chi connectivity index (χ0) is 9.80. The molecule has 1 nitrogen and oxygen atoms in total. The van der Waals surface area contributed by atoms with Gasteiger partial charge in [0.05, 0.1) is 0 Å². The van der Waals surface area contributed by atoms with Gasteiger partial charge in [-0.05, 0) is 36.6 Å². The van der Waals surface area contributed by atoms with E-state index in [1.54, 1.807) is 12.1 Å². The van der Waals surface area contributed by atoms with Crippen LogP contribution in [0.4, 0.5) is 4.39 Å². The molecular weight excluding hydrogens is 213 g/mol. The first-order valence-corrected chi connectivity index (χ1v) is 4.99. The fourth-order valence-electron chi connectivity index (χ4n) is 1.66. The van der Waals surface area contributed by atoms with Crippen LogP contribution in [0.3, 0.4) is 0 Å². The summed E-state index contributed by atoms with van der Waals surface area (Å²) in [6.07, 6.45) is 5.47. The lowest BCUT2D eigenvalue weighted by molar-refractivity contribution is 0.627. The second kappa shape index (κ2) is 5.89. The first-order valence-electron chi connectivity index (χ1n) is 4.99. The maximum absolute atomic E-state index is 12.6. The van der Waals surface area contributed by atoms with Crippen LogP contribution in [-0.4, -0.2) is 13.1 Å². The van der Waals surface area contributed by atoms with Gasteiger partial charge in [-0.15, -0.1) is 12.4 Å². The quantitative estimate of drug-likeness (QED) is 0.819. The van der Waals surface area contributed by atoms with Crippen molar-refractivity contribution >= 4 is 18.5 Å². The minimum absolute atomic E-state index is 0. The van der Waals surface area contributed by atoms with E-state index in [0.29, 0.717) is 5.92 Å². The molecule has 0 spiro atoms. The first kappa shape index (κ1) is 12.2. The van der Waals surface area contributed by atoms with Crippen LogP contribution in [0.25, 0.3) is 6.08 Å². The van der Waals surface area contributed by atoms with Crippen molar-refractivity contribution in [2.24, 2.45) is 5.92 Å². The molecular formula is C12H15ClFN. The number of rotatable bonds is 2. The Balaban J connectivity index is 0.00000112. The summed E-state index contributed by atoms with van der Waals surface area (Å²) in [4.78, 5) is 0. The second-order valence-corrected chi connectivity index (χ2v) is 3.66. The van der Waals surface area contributed by atoms with E-state index in [1.807, 2.05) is 0 Å². The molecule has 1 N–H and O–H groups in total. The van der Waals surface area contributed by atoms with Gasteiger partial charge < -0.3 is 5.32 Å². The number of hydrogen-bond donors (Lipinski definition) is 1. The first-order chi connectivity index (χ1) is 6.84. The van der Waals surface area contributed by atoms with Crippen LogP contribution in [0.5, 0.6) is 0 Å². The van der Waals surface area contributed by atoms with Gasteiger partial charge in [0.25, 0.3) is 0 Å². The Bertz CT molecular complexity index is 315. The van der Waals surface area contributed by atoms with Gasteiger partial charge in [-0.1, -0.05) is 24.3 Å². The van der Waals surface area contributed by atoms with Crippen molar-refractivity contribution in [1.82, 2.24) is 5.32 Å². The van der Waals surface area contributed by atoms with Crippen LogP contribution in [0, 0.1) is 11.7 Å². The Morgan fingerprint density at radius 2 is 2.00 bits per heavy atom. The number of benzene rings is 1. The van der Waals surface area contributed by atoms with Crippen LogP contribution in [0.1, 0.15) is 12.0 Å². The lowest BCUT2D eigenvalue weighted by Crippen LogP contribution is -2.07. The molecule has 1 atom stereocenters. The lowest BCUT2D eigenvalue weighted by atomic mass is 10.1. The summed E-state index contributed by atoms with van der Waals surface area (Å²) in [5, 5.41) is 3.31. The normalized spacial score (nSPS) is 20.5. The topological polar surface area (TPSA) is 12.0 Å². The van der Waals surface area contributed by atoms with Gasteiger partial charge in [0, 0.05) is 6.54 Å². The molecule has 2 rings (SSSR count). The highest BCUT2D eigenvalue weighted by Gasteiger charge is 2.09. The highest BCUT2D eigenvalue weighted by Crippen LogP contribution is 2.12. The van der Waals surface area contributed by atoms with E-state index in [9.17, 15) is 4.39 Å². The maximum Gasteiger partial charge on any atom is 0.123 e. The van der Waals surface area contributed by atoms with Crippen LogP contribution < -0.4 is 5.32 Å². The summed E-state index contributed by atoms with van der Waals surface area (Å²) in [6, 6.07) is 6.58. The van der Waals surface area contributed by atoms with E-state index in [2.05, 4.69) is 17.5 Å². The Labute approximate surface area is 95.8 Å². The molecule has 0 aromatic heterocycles. The van der Waals surface area contributed by atoms with Crippen LogP contribution in [-0.2, 0) is 0 Å². The molecule has 82 valence electrons. The molecule has 1 saturated heterocycles. The summed E-state index contributed by atoms with van der Waals surface area (Å²) in [6.45, 7) is 2.18. The van der Waals surface area contributed by atoms with E-state index in [4.69, 9.17) is 0 Å². The van der Waals surface area contributed by atoms with Gasteiger partial charge >= 0.3 is 0 Å². The van der Waals surface area contributed by atoms with Gasteiger partial charge in [-0.25, -0.2) is 4.39 Å². The van der Waals surface area contributed by atoms with E-state index >= 15 is 0 Å². The monoisotopic (exact) mass is 227 g/mol. The smallest absolute Gasteiger partial charge is 0.123 e. The van der Waals surface area contributed by atoms with E-state index in [1.165, 1.54) is 18.6 Å². The van der Waals surface area contributed by atoms with Gasteiger partial charge in [-0.3, -0.25) is 0 Å². The standard InChI is InChI=1S/C12H14FN.ClH/c13-12-5-3-10(4-6-12)1-2-11-7-8-14-9-11;/h1-6,11,14H,7-9H2;1H/b2-1+;. The second-order valence-electron chi connectivity index (χ2n) is 3.66. The van der Waals surface area contributed by atoms with Crippen molar-refractivity contribution in [2.75, 3.05) is 13.1 Å². The Hall–Kier alpha value is -0.860. The predicted octanol–water partition coefficient (Wildman–Crippen LogP) is 2.87. The molecule has 0 bridgehead atoms. The third kappa shape index (κ3) is 3.65. The molecule has 1 aliphatic rings. The van der Waals surface area contributed by atoms with Crippen LogP contribution in [0.15, 0.2) is 30.3 Å². The predicted molar refractivity (Wildman–Crippen MR) is 63.7 cm³/mol. The van der Waals surface area contributed by atoms with E-state index < -0.39 is 0 Å². The fourth-order valence-corrected chi connectivity index (χ4v) is 1.66. The summed E-state index contributed by atoms with van der Waals surface area (Å²) in [7, 11) is 0. The third-order valence-electron chi connectivity index (χ3n) is 2.53. The zero-order valence-electron chi connectivity index (χ0n) is 8.45. The van der Waals surface area contributed by atoms with Crippen molar-refractivity contribution in [1.29, 1.82) is 0 Å². The van der Waals surface area contributed by atoms with E-state index in [-0.39, 0.29) is 18.2 Å². The van der Waals surface area contributed by atoms with Crippen molar-refractivity contribution in [3.05, 3.63) is 41.7 Å². The fraction of sp³-hybridized carbons (Fsp3) is 0.333. The van der Waals surface area contributed by atoms with Crippen molar-refractivity contribution < 1.29 is 4.39 Å². The number of nitrogens with one attached hydrogen (secondary N) is 1. The van der Waals surface area contributed by atoms with E-state index in [0.717, 1.165) is 18.7 Å². The van der Waals surface area contributed by atoms with Crippen molar-refractivity contribution in [2.45, 2.75) is 6.42 Å². The lowest BCUT2D eigenvalue weighted by Gasteiger charge is -1.99. The Kier molecular flexibility index (Phi) is 4.79. The minimum atomic E-state index is -0.176. The molecule has 1 unspecified atom stereocenters. The molecule has 3 heteroatoms. The SMILES string of the molecule is Cl.Fc1ccc(/C=C/C2CCNC2)cc1. The van der Waals surface area contributed by atoms with Crippen LogP contribution in [0.2, 0.25) is 0 Å².